The van der Waals surface area contributed by atoms with E-state index in [-0.39, 0.29) is 5.91 Å². The summed E-state index contributed by atoms with van der Waals surface area (Å²) < 4.78 is 0. The second kappa shape index (κ2) is 1.86. The van der Waals surface area contributed by atoms with Crippen molar-refractivity contribution < 1.29 is 4.79 Å². The van der Waals surface area contributed by atoms with Crippen LogP contribution in [0.3, 0.4) is 0 Å². The fourth-order valence-corrected chi connectivity index (χ4v) is 0.513. The van der Waals surface area contributed by atoms with Crippen molar-refractivity contribution in [3.63, 3.8) is 0 Å². The summed E-state index contributed by atoms with van der Waals surface area (Å²) in [6.45, 7) is 1.90. The molecule has 0 N–H and O–H groups in total. The Morgan fingerprint density at radius 2 is 2.50 bits per heavy atom. The van der Waals surface area contributed by atoms with E-state index in [4.69, 9.17) is 0 Å². The monoisotopic (exact) mass is 110 g/mol. The molecule has 0 saturated carbocycles. The first-order valence-electron chi connectivity index (χ1n) is 2.49. The van der Waals surface area contributed by atoms with Crippen LogP contribution in [-0.2, 0) is 4.79 Å². The van der Waals surface area contributed by atoms with Crippen LogP contribution in [0.4, 0.5) is 0 Å². The van der Waals surface area contributed by atoms with Gasteiger partial charge in [-0.3, -0.25) is 4.79 Å². The van der Waals surface area contributed by atoms with Crippen LogP contribution in [0.15, 0.2) is 22.0 Å². The van der Waals surface area contributed by atoms with E-state index in [2.05, 4.69) is 10.2 Å². The molecule has 0 saturated heterocycles. The molecule has 0 unspecified atom stereocenters. The molecule has 0 spiro atoms. The molecule has 42 valence electrons. The average molecular weight is 110 g/mol. The zero-order valence-electron chi connectivity index (χ0n) is 4.59. The maximum Gasteiger partial charge on any atom is 0.292 e. The lowest BCUT2D eigenvalue weighted by molar-refractivity contribution is -0.114. The van der Waals surface area contributed by atoms with Gasteiger partial charge in [0.1, 0.15) is 0 Å². The third kappa shape index (κ3) is 0.665. The first kappa shape index (κ1) is 5.15. The molecule has 0 aromatic heterocycles. The van der Waals surface area contributed by atoms with Crippen LogP contribution >= 0.6 is 0 Å². The zero-order valence-corrected chi connectivity index (χ0v) is 4.59. The highest BCUT2D eigenvalue weighted by atomic mass is 16.2. The van der Waals surface area contributed by atoms with Gasteiger partial charge < -0.3 is 0 Å². The van der Waals surface area contributed by atoms with Crippen molar-refractivity contribution in [2.24, 2.45) is 10.2 Å². The highest BCUT2D eigenvalue weighted by Crippen LogP contribution is 2.09. The molecule has 0 aromatic carbocycles. The summed E-state index contributed by atoms with van der Waals surface area (Å²) in [6.07, 6.45) is 2.23. The lowest BCUT2D eigenvalue weighted by Gasteiger charge is -1.84. The summed E-state index contributed by atoms with van der Waals surface area (Å²) in [4.78, 5) is 10.5. The van der Waals surface area contributed by atoms with Crippen molar-refractivity contribution in [1.29, 1.82) is 0 Å². The Morgan fingerprint density at radius 3 is 2.75 bits per heavy atom. The van der Waals surface area contributed by atoms with Gasteiger partial charge in [-0.2, -0.15) is 5.11 Å². The quantitative estimate of drug-likeness (QED) is 0.501. The second-order valence-electron chi connectivity index (χ2n) is 1.53. The van der Waals surface area contributed by atoms with E-state index >= 15 is 0 Å². The zero-order chi connectivity index (χ0) is 5.98. The number of nitrogens with zero attached hydrogens (tertiary/aromatic N) is 2. The maximum absolute atomic E-state index is 10.5. The van der Waals surface area contributed by atoms with E-state index in [9.17, 15) is 4.79 Å². The molecule has 0 fully saturated rings. The Kier molecular flexibility index (Phi) is 1.20. The molecule has 1 amide bonds. The van der Waals surface area contributed by atoms with Gasteiger partial charge in [0, 0.05) is 5.57 Å². The van der Waals surface area contributed by atoms with Gasteiger partial charge in [-0.25, -0.2) is 0 Å². The summed E-state index contributed by atoms with van der Waals surface area (Å²) in [6, 6.07) is 0. The number of rotatable bonds is 1. The van der Waals surface area contributed by atoms with E-state index in [1.165, 1.54) is 6.20 Å². The van der Waals surface area contributed by atoms with Gasteiger partial charge in [0.2, 0.25) is 0 Å². The van der Waals surface area contributed by atoms with Crippen molar-refractivity contribution in [2.45, 2.75) is 13.3 Å². The molecule has 0 aromatic rings. The first-order chi connectivity index (χ1) is 3.84. The standard InChI is InChI=1S/C5H6N2O/c1-2-4-3-6-7-5(4)8/h3H,2H2,1H3. The molecule has 0 atom stereocenters. The van der Waals surface area contributed by atoms with Gasteiger partial charge in [-0.1, -0.05) is 6.92 Å². The Hall–Kier alpha value is -0.990. The normalized spacial score (nSPS) is 17.1. The summed E-state index contributed by atoms with van der Waals surface area (Å²) in [5.41, 5.74) is 0.699. The van der Waals surface area contributed by atoms with Gasteiger partial charge in [0.15, 0.2) is 0 Å². The Morgan fingerprint density at radius 1 is 1.75 bits per heavy atom. The topological polar surface area (TPSA) is 41.8 Å². The molecule has 0 aliphatic carbocycles. The van der Waals surface area contributed by atoms with E-state index in [1.807, 2.05) is 6.92 Å². The fourth-order valence-electron chi connectivity index (χ4n) is 0.513. The number of hydrogen-bond donors (Lipinski definition) is 0. The molecule has 1 aliphatic heterocycles. The molecule has 1 aliphatic rings. The predicted molar refractivity (Wildman–Crippen MR) is 28.2 cm³/mol. The van der Waals surface area contributed by atoms with Crippen LogP contribution in [0.2, 0.25) is 0 Å². The molecule has 0 bridgehead atoms. The molecule has 3 nitrogen and oxygen atoms in total. The Labute approximate surface area is 47.1 Å². The van der Waals surface area contributed by atoms with Crippen LogP contribution in [0.1, 0.15) is 13.3 Å². The molecule has 1 heterocycles. The van der Waals surface area contributed by atoms with E-state index in [0.717, 1.165) is 6.42 Å². The molecule has 0 radical (unpaired) electrons. The minimum absolute atomic E-state index is 0.187. The number of hydrogen-bond acceptors (Lipinski definition) is 2. The van der Waals surface area contributed by atoms with Crippen molar-refractivity contribution in [1.82, 2.24) is 0 Å². The van der Waals surface area contributed by atoms with E-state index in [0.29, 0.717) is 5.57 Å². The molecular formula is C5H6N2O. The average Bonchev–Trinajstić information content (AvgIpc) is 2.14. The van der Waals surface area contributed by atoms with Crippen molar-refractivity contribution in [3.8, 4) is 0 Å². The van der Waals surface area contributed by atoms with Crippen molar-refractivity contribution >= 4 is 5.91 Å². The molecule has 8 heavy (non-hydrogen) atoms. The van der Waals surface area contributed by atoms with Crippen molar-refractivity contribution in [3.05, 3.63) is 11.8 Å². The largest absolute Gasteiger partial charge is 0.292 e. The van der Waals surface area contributed by atoms with E-state index in [1.54, 1.807) is 0 Å². The lowest BCUT2D eigenvalue weighted by atomic mass is 10.2. The fraction of sp³-hybridized carbons (Fsp3) is 0.400. The number of carbonyl (C=O) groups excluding carboxylic acids is 1. The highest BCUT2D eigenvalue weighted by molar-refractivity contribution is 5.94. The molecule has 3 heteroatoms. The van der Waals surface area contributed by atoms with Gasteiger partial charge in [-0.05, 0) is 6.42 Å². The van der Waals surface area contributed by atoms with Gasteiger partial charge in [-0.15, -0.1) is 5.11 Å². The number of azo groups is 1. The van der Waals surface area contributed by atoms with Crippen molar-refractivity contribution in [2.75, 3.05) is 0 Å². The third-order valence-electron chi connectivity index (χ3n) is 1.02. The van der Waals surface area contributed by atoms with Gasteiger partial charge in [0.05, 0.1) is 6.20 Å². The van der Waals surface area contributed by atoms with Crippen LogP contribution < -0.4 is 0 Å². The van der Waals surface area contributed by atoms with Crippen LogP contribution in [0.25, 0.3) is 0 Å². The Balaban J connectivity index is 2.73. The van der Waals surface area contributed by atoms with Gasteiger partial charge >= 0.3 is 0 Å². The maximum atomic E-state index is 10.5. The summed E-state index contributed by atoms with van der Waals surface area (Å²) >= 11 is 0. The third-order valence-corrected chi connectivity index (χ3v) is 1.02. The van der Waals surface area contributed by atoms with Crippen LogP contribution in [0.5, 0.6) is 0 Å². The summed E-state index contributed by atoms with van der Waals surface area (Å²) in [5.74, 6) is -0.187. The SMILES string of the molecule is CCC1=CN=NC1=O. The minimum atomic E-state index is -0.187. The Bertz CT molecular complexity index is 169. The molecule has 1 rings (SSSR count). The van der Waals surface area contributed by atoms with Gasteiger partial charge in [0.25, 0.3) is 5.91 Å². The number of amides is 1. The van der Waals surface area contributed by atoms with E-state index < -0.39 is 0 Å². The van der Waals surface area contributed by atoms with Crippen LogP contribution in [-0.4, -0.2) is 5.91 Å². The number of carbonyl (C=O) groups is 1. The highest BCUT2D eigenvalue weighted by Gasteiger charge is 2.08. The summed E-state index contributed by atoms with van der Waals surface area (Å²) in [5, 5.41) is 6.71. The van der Waals surface area contributed by atoms with Crippen LogP contribution in [0, 0.1) is 0 Å². The lowest BCUT2D eigenvalue weighted by Crippen LogP contribution is -1.90. The smallest absolute Gasteiger partial charge is 0.265 e. The second-order valence-corrected chi connectivity index (χ2v) is 1.53. The summed E-state index contributed by atoms with van der Waals surface area (Å²) in [7, 11) is 0. The molecular weight excluding hydrogens is 104 g/mol. The first-order valence-corrected chi connectivity index (χ1v) is 2.49. The minimum Gasteiger partial charge on any atom is -0.265 e. The predicted octanol–water partition coefficient (Wildman–Crippen LogP) is 1.27.